The Morgan fingerprint density at radius 3 is 2.64 bits per heavy atom. The van der Waals surface area contributed by atoms with E-state index in [4.69, 9.17) is 11.6 Å². The molecular formula is C7H13ClO3. The first-order valence-corrected chi connectivity index (χ1v) is 4.03. The Morgan fingerprint density at radius 2 is 2.27 bits per heavy atom. The van der Waals surface area contributed by atoms with Crippen LogP contribution >= 0.6 is 11.6 Å². The molecule has 0 aromatic heterocycles. The van der Waals surface area contributed by atoms with Gasteiger partial charge in [-0.05, 0) is 13.3 Å². The molecule has 0 bridgehead atoms. The van der Waals surface area contributed by atoms with Gasteiger partial charge in [-0.25, -0.2) is 4.79 Å². The second-order valence-electron chi connectivity index (χ2n) is 2.45. The van der Waals surface area contributed by atoms with Crippen LogP contribution in [-0.4, -0.2) is 29.2 Å². The molecule has 0 spiro atoms. The van der Waals surface area contributed by atoms with Crippen molar-refractivity contribution >= 4 is 17.6 Å². The quantitative estimate of drug-likeness (QED) is 0.517. The Kier molecular flexibility index (Phi) is 4.45. The number of alkyl halides is 1. The largest absolute Gasteiger partial charge is 0.462 e. The predicted molar refractivity (Wildman–Crippen MR) is 42.6 cm³/mol. The minimum atomic E-state index is -1.37. The number of carbonyl (C=O) groups excluding carboxylic acids is 1. The van der Waals surface area contributed by atoms with Crippen molar-refractivity contribution in [2.24, 2.45) is 0 Å². The number of hydrogen-bond donors (Lipinski definition) is 1. The first-order valence-electron chi connectivity index (χ1n) is 3.50. The van der Waals surface area contributed by atoms with Gasteiger partial charge in [-0.2, -0.15) is 0 Å². The Hall–Kier alpha value is -0.280. The summed E-state index contributed by atoms with van der Waals surface area (Å²) < 4.78 is 4.63. The molecule has 0 heterocycles. The molecule has 0 aliphatic heterocycles. The average Bonchev–Trinajstić information content (AvgIpc) is 2.00. The molecule has 0 aliphatic carbocycles. The standard InChI is InChI=1S/C7H13ClO3/c1-3-7(2,10)6(9)11-5-4-8/h10H,3-5H2,1-2H3. The predicted octanol–water partition coefficient (Wildman–Crippen LogP) is 0.929. The molecule has 0 saturated heterocycles. The lowest BCUT2D eigenvalue weighted by Crippen LogP contribution is -2.36. The molecule has 0 aromatic rings. The van der Waals surface area contributed by atoms with Crippen molar-refractivity contribution < 1.29 is 14.6 Å². The number of aliphatic hydroxyl groups is 1. The Morgan fingerprint density at radius 1 is 1.73 bits per heavy atom. The van der Waals surface area contributed by atoms with Gasteiger partial charge in [0, 0.05) is 0 Å². The minimum Gasteiger partial charge on any atom is -0.462 e. The summed E-state index contributed by atoms with van der Waals surface area (Å²) in [4.78, 5) is 10.9. The monoisotopic (exact) mass is 180 g/mol. The van der Waals surface area contributed by atoms with Crippen LogP contribution in [0, 0.1) is 0 Å². The highest BCUT2D eigenvalue weighted by atomic mass is 35.5. The van der Waals surface area contributed by atoms with Gasteiger partial charge in [0.15, 0.2) is 5.60 Å². The second-order valence-corrected chi connectivity index (χ2v) is 2.83. The molecular weight excluding hydrogens is 168 g/mol. The van der Waals surface area contributed by atoms with Gasteiger partial charge in [-0.3, -0.25) is 0 Å². The minimum absolute atomic E-state index is 0.149. The lowest BCUT2D eigenvalue weighted by atomic mass is 10.1. The molecule has 0 rings (SSSR count). The molecule has 1 unspecified atom stereocenters. The third-order valence-electron chi connectivity index (χ3n) is 1.44. The van der Waals surface area contributed by atoms with E-state index in [-0.39, 0.29) is 12.5 Å². The van der Waals surface area contributed by atoms with E-state index in [2.05, 4.69) is 4.74 Å². The van der Waals surface area contributed by atoms with E-state index < -0.39 is 11.6 Å². The van der Waals surface area contributed by atoms with E-state index >= 15 is 0 Å². The van der Waals surface area contributed by atoms with Crippen molar-refractivity contribution in [3.05, 3.63) is 0 Å². The number of rotatable bonds is 4. The van der Waals surface area contributed by atoms with Gasteiger partial charge in [0.1, 0.15) is 6.61 Å². The average molecular weight is 181 g/mol. The molecule has 0 fully saturated rings. The first kappa shape index (κ1) is 10.7. The van der Waals surface area contributed by atoms with Crippen LogP contribution in [0.15, 0.2) is 0 Å². The van der Waals surface area contributed by atoms with Crippen molar-refractivity contribution in [3.8, 4) is 0 Å². The van der Waals surface area contributed by atoms with Crippen LogP contribution < -0.4 is 0 Å². The maximum absolute atomic E-state index is 10.9. The zero-order valence-electron chi connectivity index (χ0n) is 6.76. The fourth-order valence-electron chi connectivity index (χ4n) is 0.431. The van der Waals surface area contributed by atoms with E-state index in [1.807, 2.05) is 0 Å². The third-order valence-corrected chi connectivity index (χ3v) is 1.59. The smallest absolute Gasteiger partial charge is 0.337 e. The molecule has 0 radical (unpaired) electrons. The van der Waals surface area contributed by atoms with Crippen molar-refractivity contribution in [1.29, 1.82) is 0 Å². The van der Waals surface area contributed by atoms with Gasteiger partial charge >= 0.3 is 5.97 Å². The molecule has 66 valence electrons. The summed E-state index contributed by atoms with van der Waals surface area (Å²) in [6.45, 7) is 3.28. The summed E-state index contributed by atoms with van der Waals surface area (Å²) in [6.07, 6.45) is 0.341. The topological polar surface area (TPSA) is 46.5 Å². The summed E-state index contributed by atoms with van der Waals surface area (Å²) in [7, 11) is 0. The van der Waals surface area contributed by atoms with Gasteiger partial charge in [-0.1, -0.05) is 6.92 Å². The Bertz CT molecular complexity index is 134. The molecule has 0 aliphatic rings. The summed E-state index contributed by atoms with van der Waals surface area (Å²) >= 11 is 5.28. The molecule has 1 N–H and O–H groups in total. The Balaban J connectivity index is 3.82. The molecule has 4 heteroatoms. The molecule has 0 saturated carbocycles. The number of esters is 1. The van der Waals surface area contributed by atoms with E-state index in [1.54, 1.807) is 6.92 Å². The lowest BCUT2D eigenvalue weighted by Gasteiger charge is -2.18. The van der Waals surface area contributed by atoms with E-state index in [9.17, 15) is 9.90 Å². The van der Waals surface area contributed by atoms with Gasteiger partial charge in [0.25, 0.3) is 0 Å². The highest BCUT2D eigenvalue weighted by Crippen LogP contribution is 2.10. The highest BCUT2D eigenvalue weighted by Gasteiger charge is 2.29. The number of carbonyl (C=O) groups is 1. The van der Waals surface area contributed by atoms with Gasteiger partial charge in [0.2, 0.25) is 0 Å². The van der Waals surface area contributed by atoms with Crippen LogP contribution in [0.1, 0.15) is 20.3 Å². The highest BCUT2D eigenvalue weighted by molar-refractivity contribution is 6.18. The summed E-state index contributed by atoms with van der Waals surface area (Å²) in [6, 6.07) is 0. The lowest BCUT2D eigenvalue weighted by molar-refractivity contribution is -0.163. The molecule has 0 aromatic carbocycles. The van der Waals surface area contributed by atoms with Crippen LogP contribution in [0.3, 0.4) is 0 Å². The third kappa shape index (κ3) is 3.58. The fourth-order valence-corrected chi connectivity index (χ4v) is 0.508. The van der Waals surface area contributed by atoms with Crippen molar-refractivity contribution in [1.82, 2.24) is 0 Å². The summed E-state index contributed by atoms with van der Waals surface area (Å²) in [5, 5.41) is 9.30. The van der Waals surface area contributed by atoms with E-state index in [0.717, 1.165) is 0 Å². The maximum Gasteiger partial charge on any atom is 0.337 e. The summed E-state index contributed by atoms with van der Waals surface area (Å²) in [5.74, 6) is -0.355. The van der Waals surface area contributed by atoms with Crippen molar-refractivity contribution in [2.75, 3.05) is 12.5 Å². The van der Waals surface area contributed by atoms with Gasteiger partial charge in [0.05, 0.1) is 5.88 Å². The van der Waals surface area contributed by atoms with Crippen LogP contribution in [-0.2, 0) is 9.53 Å². The SMILES string of the molecule is CCC(C)(O)C(=O)OCCCl. The zero-order valence-corrected chi connectivity index (χ0v) is 7.52. The van der Waals surface area contributed by atoms with Crippen LogP contribution in [0.25, 0.3) is 0 Å². The fraction of sp³-hybridized carbons (Fsp3) is 0.857. The van der Waals surface area contributed by atoms with Crippen molar-refractivity contribution in [3.63, 3.8) is 0 Å². The van der Waals surface area contributed by atoms with Gasteiger partial charge in [-0.15, -0.1) is 11.6 Å². The van der Waals surface area contributed by atoms with E-state index in [1.165, 1.54) is 6.92 Å². The summed E-state index contributed by atoms with van der Waals surface area (Å²) in [5.41, 5.74) is -1.37. The van der Waals surface area contributed by atoms with Crippen LogP contribution in [0.2, 0.25) is 0 Å². The van der Waals surface area contributed by atoms with Crippen molar-refractivity contribution in [2.45, 2.75) is 25.9 Å². The molecule has 1 atom stereocenters. The molecule has 3 nitrogen and oxygen atoms in total. The van der Waals surface area contributed by atoms with Crippen LogP contribution in [0.4, 0.5) is 0 Å². The second kappa shape index (κ2) is 4.57. The molecule has 0 amide bonds. The van der Waals surface area contributed by atoms with Gasteiger partial charge < -0.3 is 9.84 Å². The maximum atomic E-state index is 10.9. The first-order chi connectivity index (χ1) is 5.04. The number of halogens is 1. The number of ether oxygens (including phenoxy) is 1. The van der Waals surface area contributed by atoms with E-state index in [0.29, 0.717) is 6.42 Å². The molecule has 11 heavy (non-hydrogen) atoms. The Labute approximate surface area is 71.3 Å². The number of hydrogen-bond acceptors (Lipinski definition) is 3. The normalized spacial score (nSPS) is 15.6. The zero-order chi connectivity index (χ0) is 8.91. The van der Waals surface area contributed by atoms with Crippen LogP contribution in [0.5, 0.6) is 0 Å².